The highest BCUT2D eigenvalue weighted by molar-refractivity contribution is 5.74. The van der Waals surface area contributed by atoms with Gasteiger partial charge in [-0.3, -0.25) is 4.90 Å². The van der Waals surface area contributed by atoms with E-state index in [9.17, 15) is 4.79 Å². The molecule has 5 heteroatoms. The van der Waals surface area contributed by atoms with Crippen molar-refractivity contribution in [3.63, 3.8) is 0 Å². The molecule has 1 N–H and O–H groups in total. The van der Waals surface area contributed by atoms with Gasteiger partial charge in [-0.1, -0.05) is 72.3 Å². The van der Waals surface area contributed by atoms with Gasteiger partial charge in [-0.2, -0.15) is 0 Å². The van der Waals surface area contributed by atoms with Crippen molar-refractivity contribution < 1.29 is 9.53 Å². The Hall–Kier alpha value is -2.63. The molecule has 1 fully saturated rings. The number of morpholine rings is 1. The summed E-state index contributed by atoms with van der Waals surface area (Å²) in [6, 6.07) is 20.3. The predicted molar refractivity (Wildman–Crippen MR) is 122 cm³/mol. The molecule has 0 unspecified atom stereocenters. The average molecular weight is 408 g/mol. The van der Waals surface area contributed by atoms with Crippen LogP contribution in [0, 0.1) is 0 Å². The monoisotopic (exact) mass is 407 g/mol. The summed E-state index contributed by atoms with van der Waals surface area (Å²) < 4.78 is 5.42. The van der Waals surface area contributed by atoms with Crippen LogP contribution in [0.1, 0.15) is 24.5 Å². The standard InChI is InChI=1S/C25H33N3O2/c1-22(19-23-9-4-2-5-10-23)21-28(14-8-13-27-15-17-30-18-16-27)25(29)26-20-24-11-6-3-7-12-24/h2-7,9-12,19H,8,13-18,20-21H2,1H3,(H,26,29). The third-order valence-electron chi connectivity index (χ3n) is 5.23. The van der Waals surface area contributed by atoms with Crippen molar-refractivity contribution in [2.75, 3.05) is 45.9 Å². The van der Waals surface area contributed by atoms with Crippen LogP contribution in [-0.4, -0.2) is 61.8 Å². The molecule has 0 radical (unpaired) electrons. The van der Waals surface area contributed by atoms with Crippen LogP contribution in [0.4, 0.5) is 4.79 Å². The number of nitrogens with zero attached hydrogens (tertiary/aromatic N) is 2. The summed E-state index contributed by atoms with van der Waals surface area (Å²) in [5, 5.41) is 3.08. The lowest BCUT2D eigenvalue weighted by atomic mass is 10.1. The Bertz CT molecular complexity index is 787. The van der Waals surface area contributed by atoms with Crippen molar-refractivity contribution in [1.29, 1.82) is 0 Å². The lowest BCUT2D eigenvalue weighted by Gasteiger charge is -2.28. The van der Waals surface area contributed by atoms with Gasteiger partial charge in [-0.25, -0.2) is 4.79 Å². The summed E-state index contributed by atoms with van der Waals surface area (Å²) in [6.07, 6.45) is 3.11. The topological polar surface area (TPSA) is 44.8 Å². The normalized spacial score (nSPS) is 15.0. The van der Waals surface area contributed by atoms with Crippen LogP contribution in [0.25, 0.3) is 6.08 Å². The first kappa shape index (κ1) is 22.1. The fourth-order valence-electron chi connectivity index (χ4n) is 3.63. The Morgan fingerprint density at radius 3 is 2.43 bits per heavy atom. The largest absolute Gasteiger partial charge is 0.379 e. The fraction of sp³-hybridized carbons (Fsp3) is 0.400. The molecule has 2 aromatic carbocycles. The van der Waals surface area contributed by atoms with E-state index in [0.717, 1.165) is 56.9 Å². The Balaban J connectivity index is 1.57. The van der Waals surface area contributed by atoms with E-state index in [1.54, 1.807) is 0 Å². The summed E-state index contributed by atoms with van der Waals surface area (Å²) in [7, 11) is 0. The van der Waals surface area contributed by atoms with Crippen LogP contribution in [0.2, 0.25) is 0 Å². The van der Waals surface area contributed by atoms with Gasteiger partial charge in [-0.15, -0.1) is 0 Å². The maximum atomic E-state index is 12.9. The molecule has 30 heavy (non-hydrogen) atoms. The second-order valence-electron chi connectivity index (χ2n) is 7.77. The van der Waals surface area contributed by atoms with Gasteiger partial charge in [0, 0.05) is 39.3 Å². The number of rotatable bonds is 9. The fourth-order valence-corrected chi connectivity index (χ4v) is 3.63. The molecule has 0 aliphatic carbocycles. The number of nitrogens with one attached hydrogen (secondary N) is 1. The quantitative estimate of drug-likeness (QED) is 0.683. The minimum absolute atomic E-state index is 0.0124. The van der Waals surface area contributed by atoms with E-state index in [1.165, 1.54) is 5.57 Å². The number of ether oxygens (including phenoxy) is 1. The number of hydrogen-bond acceptors (Lipinski definition) is 3. The number of hydrogen-bond donors (Lipinski definition) is 1. The van der Waals surface area contributed by atoms with Gasteiger partial charge in [-0.05, 0) is 24.5 Å². The summed E-state index contributed by atoms with van der Waals surface area (Å²) >= 11 is 0. The summed E-state index contributed by atoms with van der Waals surface area (Å²) in [5.74, 6) is 0. The van der Waals surface area contributed by atoms with E-state index in [-0.39, 0.29) is 6.03 Å². The van der Waals surface area contributed by atoms with Crippen LogP contribution in [0.15, 0.2) is 66.2 Å². The summed E-state index contributed by atoms with van der Waals surface area (Å²) in [5.41, 5.74) is 3.44. The SMILES string of the molecule is CC(=Cc1ccccc1)CN(CCCN1CCOCC1)C(=O)NCc1ccccc1. The lowest BCUT2D eigenvalue weighted by Crippen LogP contribution is -2.43. The molecule has 0 saturated carbocycles. The number of benzene rings is 2. The molecule has 0 atom stereocenters. The maximum absolute atomic E-state index is 12.9. The predicted octanol–water partition coefficient (Wildman–Crippen LogP) is 4.02. The summed E-state index contributed by atoms with van der Waals surface area (Å²) in [4.78, 5) is 17.3. The summed E-state index contributed by atoms with van der Waals surface area (Å²) in [6.45, 7) is 8.55. The van der Waals surface area contributed by atoms with E-state index in [1.807, 2.05) is 53.4 Å². The van der Waals surface area contributed by atoms with Gasteiger partial charge in [0.15, 0.2) is 0 Å². The first-order valence-corrected chi connectivity index (χ1v) is 10.8. The molecule has 1 aliphatic heterocycles. The van der Waals surface area contributed by atoms with Crippen molar-refractivity contribution in [2.24, 2.45) is 0 Å². The number of carbonyl (C=O) groups excluding carboxylic acids is 1. The average Bonchev–Trinajstić information content (AvgIpc) is 2.79. The van der Waals surface area contributed by atoms with Gasteiger partial charge in [0.2, 0.25) is 0 Å². The zero-order valence-corrected chi connectivity index (χ0v) is 17.9. The van der Waals surface area contributed by atoms with Crippen molar-refractivity contribution >= 4 is 12.1 Å². The van der Waals surface area contributed by atoms with Crippen LogP contribution in [-0.2, 0) is 11.3 Å². The van der Waals surface area contributed by atoms with Gasteiger partial charge >= 0.3 is 6.03 Å². The minimum atomic E-state index is -0.0124. The van der Waals surface area contributed by atoms with Crippen LogP contribution in [0.3, 0.4) is 0 Å². The van der Waals surface area contributed by atoms with Crippen molar-refractivity contribution in [2.45, 2.75) is 19.9 Å². The second-order valence-corrected chi connectivity index (χ2v) is 7.77. The van der Waals surface area contributed by atoms with Gasteiger partial charge in [0.1, 0.15) is 0 Å². The minimum Gasteiger partial charge on any atom is -0.379 e. The molecule has 0 aromatic heterocycles. The Morgan fingerprint density at radius 1 is 1.07 bits per heavy atom. The smallest absolute Gasteiger partial charge is 0.317 e. The Morgan fingerprint density at radius 2 is 1.73 bits per heavy atom. The highest BCUT2D eigenvalue weighted by Gasteiger charge is 2.15. The van der Waals surface area contributed by atoms with E-state index in [0.29, 0.717) is 13.1 Å². The molecule has 160 valence electrons. The van der Waals surface area contributed by atoms with Gasteiger partial charge in [0.25, 0.3) is 0 Å². The zero-order valence-electron chi connectivity index (χ0n) is 17.9. The van der Waals surface area contributed by atoms with Crippen molar-refractivity contribution in [1.82, 2.24) is 15.1 Å². The molecule has 1 heterocycles. The van der Waals surface area contributed by atoms with E-state index in [4.69, 9.17) is 4.74 Å². The van der Waals surface area contributed by atoms with Crippen LogP contribution in [0.5, 0.6) is 0 Å². The maximum Gasteiger partial charge on any atom is 0.317 e. The molecular formula is C25H33N3O2. The Labute approximate surface area is 180 Å². The highest BCUT2D eigenvalue weighted by atomic mass is 16.5. The zero-order chi connectivity index (χ0) is 21.0. The van der Waals surface area contributed by atoms with E-state index < -0.39 is 0 Å². The molecule has 2 amide bonds. The lowest BCUT2D eigenvalue weighted by molar-refractivity contribution is 0.0366. The van der Waals surface area contributed by atoms with Crippen LogP contribution < -0.4 is 5.32 Å². The van der Waals surface area contributed by atoms with Gasteiger partial charge in [0.05, 0.1) is 13.2 Å². The third kappa shape index (κ3) is 7.65. The van der Waals surface area contributed by atoms with E-state index in [2.05, 4.69) is 35.3 Å². The molecule has 0 spiro atoms. The first-order valence-electron chi connectivity index (χ1n) is 10.8. The van der Waals surface area contributed by atoms with Crippen molar-refractivity contribution in [3.05, 3.63) is 77.4 Å². The molecule has 5 nitrogen and oxygen atoms in total. The second kappa shape index (κ2) is 12.2. The molecule has 1 saturated heterocycles. The number of amides is 2. The highest BCUT2D eigenvalue weighted by Crippen LogP contribution is 2.09. The molecule has 0 bridgehead atoms. The van der Waals surface area contributed by atoms with Gasteiger partial charge < -0.3 is 15.0 Å². The van der Waals surface area contributed by atoms with Crippen molar-refractivity contribution in [3.8, 4) is 0 Å². The Kier molecular flexibility index (Phi) is 8.94. The first-order chi connectivity index (χ1) is 14.7. The molecule has 1 aliphatic rings. The number of carbonyl (C=O) groups is 1. The molecule has 2 aromatic rings. The molecule has 3 rings (SSSR count). The van der Waals surface area contributed by atoms with E-state index >= 15 is 0 Å². The van der Waals surface area contributed by atoms with Crippen LogP contribution >= 0.6 is 0 Å². The molecular weight excluding hydrogens is 374 g/mol. The third-order valence-corrected chi connectivity index (χ3v) is 5.23. The number of urea groups is 1.